The van der Waals surface area contributed by atoms with Gasteiger partial charge in [-0.3, -0.25) is 4.31 Å². The molecule has 6 aliphatic rings. The molecule has 0 amide bonds. The van der Waals surface area contributed by atoms with Crippen molar-refractivity contribution in [2.45, 2.75) is 9.79 Å². The molecule has 6 nitrogen and oxygen atoms in total. The first-order chi connectivity index (χ1) is 28.1. The van der Waals surface area contributed by atoms with E-state index >= 15 is 0 Å². The fourth-order valence-electron chi connectivity index (χ4n) is 9.91. The van der Waals surface area contributed by atoms with Crippen LogP contribution in [0.25, 0.3) is 0 Å². The number of hydrogen-bond acceptors (Lipinski definition) is 9. The SMILES string of the molecule is CSc1cc2c3c(c1)Oc1cc4c(cc1B3c1ccccc1O2)B1c2cc3c(cc2N(SC)c2cccc(c21)O4)Oc1cc(SC)cc2c1B3c1ccccc1O2. The molecule has 57 heavy (non-hydrogen) atoms. The van der Waals surface area contributed by atoms with E-state index in [-0.39, 0.29) is 20.1 Å². The summed E-state index contributed by atoms with van der Waals surface area (Å²) in [6, 6.07) is 41.0. The van der Waals surface area contributed by atoms with Gasteiger partial charge in [-0.15, -0.1) is 23.5 Å². The molecule has 0 spiro atoms. The van der Waals surface area contributed by atoms with Crippen LogP contribution in [-0.4, -0.2) is 38.9 Å². The fourth-order valence-corrected chi connectivity index (χ4v) is 11.5. The third-order valence-corrected chi connectivity index (χ3v) is 14.4. The van der Waals surface area contributed by atoms with Crippen LogP contribution in [0.4, 0.5) is 11.4 Å². The van der Waals surface area contributed by atoms with E-state index in [1.165, 1.54) is 5.46 Å². The van der Waals surface area contributed by atoms with Crippen LogP contribution in [-0.2, 0) is 0 Å². The number of para-hydroxylation sites is 2. The minimum atomic E-state index is -0.112. The molecular weight excluding hydrogens is 763 g/mol. The van der Waals surface area contributed by atoms with Gasteiger partial charge in [0.05, 0.1) is 11.4 Å². The molecule has 0 aliphatic carbocycles. The molecule has 0 N–H and O–H groups in total. The summed E-state index contributed by atoms with van der Waals surface area (Å²) >= 11 is 5.07. The van der Waals surface area contributed by atoms with E-state index in [4.69, 9.17) is 23.7 Å². The Morgan fingerprint density at radius 3 is 1.37 bits per heavy atom. The molecule has 270 valence electrons. The summed E-state index contributed by atoms with van der Waals surface area (Å²) in [6.07, 6.45) is 6.31. The van der Waals surface area contributed by atoms with E-state index in [1.54, 1.807) is 35.5 Å². The molecule has 0 saturated heterocycles. The molecule has 0 aromatic heterocycles. The lowest BCUT2D eigenvalue weighted by molar-refractivity contribution is 0.454. The largest absolute Gasteiger partial charge is 0.458 e. The Bertz CT molecular complexity index is 2980. The summed E-state index contributed by atoms with van der Waals surface area (Å²) in [5, 5.41) is 0. The molecule has 13 rings (SSSR count). The predicted octanol–water partition coefficient (Wildman–Crippen LogP) is 5.94. The summed E-state index contributed by atoms with van der Waals surface area (Å²) in [7, 11) is 0. The van der Waals surface area contributed by atoms with Crippen LogP contribution in [0.1, 0.15) is 0 Å². The highest BCUT2D eigenvalue weighted by Gasteiger charge is 2.48. The maximum Gasteiger partial charge on any atom is 0.260 e. The first-order valence-corrected chi connectivity index (χ1v) is 22.6. The second-order valence-electron chi connectivity index (χ2n) is 15.0. The molecular formula is C45H28B3NO5S3. The van der Waals surface area contributed by atoms with Gasteiger partial charge >= 0.3 is 0 Å². The van der Waals surface area contributed by atoms with Crippen molar-refractivity contribution >= 4 is 116 Å². The van der Waals surface area contributed by atoms with Crippen molar-refractivity contribution in [3.8, 4) is 57.5 Å². The van der Waals surface area contributed by atoms with Gasteiger partial charge in [0, 0.05) is 39.1 Å². The highest BCUT2D eigenvalue weighted by atomic mass is 32.2. The number of anilines is 2. The zero-order valence-electron chi connectivity index (χ0n) is 30.9. The maximum atomic E-state index is 6.92. The topological polar surface area (TPSA) is 49.4 Å². The van der Waals surface area contributed by atoms with Crippen molar-refractivity contribution in [3.63, 3.8) is 0 Å². The van der Waals surface area contributed by atoms with E-state index in [0.717, 1.165) is 122 Å². The quantitative estimate of drug-likeness (QED) is 0.123. The number of fused-ring (bicyclic) bond motifs is 12. The Morgan fingerprint density at radius 1 is 0.368 bits per heavy atom. The number of rotatable bonds is 3. The minimum absolute atomic E-state index is 0.0552. The van der Waals surface area contributed by atoms with Crippen LogP contribution in [0.15, 0.2) is 125 Å². The van der Waals surface area contributed by atoms with Crippen LogP contribution in [0.3, 0.4) is 0 Å². The predicted molar refractivity (Wildman–Crippen MR) is 239 cm³/mol. The van der Waals surface area contributed by atoms with Gasteiger partial charge in [0.25, 0.3) is 20.1 Å². The number of thioether (sulfide) groups is 2. The van der Waals surface area contributed by atoms with Crippen molar-refractivity contribution < 1.29 is 23.7 Å². The van der Waals surface area contributed by atoms with Crippen LogP contribution < -0.4 is 77.2 Å². The minimum Gasteiger partial charge on any atom is -0.458 e. The third-order valence-electron chi connectivity index (χ3n) is 12.3. The lowest BCUT2D eigenvalue weighted by Crippen LogP contribution is -2.64. The van der Waals surface area contributed by atoms with Crippen molar-refractivity contribution in [1.29, 1.82) is 0 Å². The molecule has 7 aromatic rings. The zero-order valence-corrected chi connectivity index (χ0v) is 33.4. The summed E-state index contributed by atoms with van der Waals surface area (Å²) < 4.78 is 36.2. The average Bonchev–Trinajstić information content (AvgIpc) is 3.24. The summed E-state index contributed by atoms with van der Waals surface area (Å²) in [6.45, 7) is -0.233. The number of nitrogens with zero attached hydrogens (tertiary/aromatic N) is 1. The van der Waals surface area contributed by atoms with Gasteiger partial charge in [-0.1, -0.05) is 54.6 Å². The molecule has 0 unspecified atom stereocenters. The van der Waals surface area contributed by atoms with Gasteiger partial charge in [0.2, 0.25) is 0 Å². The van der Waals surface area contributed by atoms with Crippen LogP contribution >= 0.6 is 35.5 Å². The van der Waals surface area contributed by atoms with Crippen molar-refractivity contribution in [3.05, 3.63) is 115 Å². The lowest BCUT2D eigenvalue weighted by Gasteiger charge is -2.41. The Kier molecular flexibility index (Phi) is 6.77. The van der Waals surface area contributed by atoms with Gasteiger partial charge in [-0.25, -0.2) is 0 Å². The third kappa shape index (κ3) is 4.41. The Morgan fingerprint density at radius 2 is 0.825 bits per heavy atom. The normalized spacial score (nSPS) is 14.6. The Hall–Kier alpha value is -5.42. The fraction of sp³-hybridized carbons (Fsp3) is 0.0667. The van der Waals surface area contributed by atoms with Crippen molar-refractivity contribution in [1.82, 2.24) is 0 Å². The smallest absolute Gasteiger partial charge is 0.260 e. The molecule has 0 saturated carbocycles. The van der Waals surface area contributed by atoms with Crippen molar-refractivity contribution in [2.24, 2.45) is 0 Å². The standard InChI is InChI=1S/C45H28B3NO5S3/c1-55-23-15-39-44-41(17-23)53-36-21-32-27(19-28(36)46(44)25-9-4-6-12-33(25)50-39)48-30-20-29-38(22-37(30)52-35-14-8-11-31(43(35)48)49(32)57-3)54-42-18-24(56-2)16-40-45(42)47(29)26-10-5-7-13-34(26)51-40/h4-22H,1-3H3. The molecule has 0 atom stereocenters. The lowest BCUT2D eigenvalue weighted by atomic mass is 9.30. The number of hydrogen-bond donors (Lipinski definition) is 0. The molecule has 0 fully saturated rings. The molecule has 7 aromatic carbocycles. The Balaban J connectivity index is 1.05. The van der Waals surface area contributed by atoms with E-state index in [0.29, 0.717) is 0 Å². The van der Waals surface area contributed by atoms with Gasteiger partial charge in [-0.2, -0.15) is 0 Å². The molecule has 6 aliphatic heterocycles. The zero-order chi connectivity index (χ0) is 37.7. The number of benzene rings is 7. The Labute approximate surface area is 343 Å². The van der Waals surface area contributed by atoms with Gasteiger partial charge in [-0.05, 0) is 111 Å². The first-order valence-electron chi connectivity index (χ1n) is 18.9. The molecule has 0 radical (unpaired) electrons. The van der Waals surface area contributed by atoms with Gasteiger partial charge in [0.15, 0.2) is 0 Å². The van der Waals surface area contributed by atoms with Gasteiger partial charge in [0.1, 0.15) is 57.5 Å². The second-order valence-corrected chi connectivity index (χ2v) is 17.5. The average molecular weight is 791 g/mol. The molecule has 6 heterocycles. The van der Waals surface area contributed by atoms with E-state index < -0.39 is 0 Å². The van der Waals surface area contributed by atoms with Gasteiger partial charge < -0.3 is 23.7 Å². The van der Waals surface area contributed by atoms with E-state index in [9.17, 15) is 0 Å². The van der Waals surface area contributed by atoms with E-state index in [2.05, 4.69) is 126 Å². The monoisotopic (exact) mass is 791 g/mol. The number of ether oxygens (including phenoxy) is 5. The maximum absolute atomic E-state index is 6.92. The van der Waals surface area contributed by atoms with Crippen LogP contribution in [0.2, 0.25) is 0 Å². The van der Waals surface area contributed by atoms with Crippen LogP contribution in [0, 0.1) is 0 Å². The summed E-state index contributed by atoms with van der Waals surface area (Å²) in [5.41, 5.74) is 12.4. The molecule has 12 heteroatoms. The summed E-state index contributed by atoms with van der Waals surface area (Å²) in [5.74, 6) is 8.47. The van der Waals surface area contributed by atoms with Crippen molar-refractivity contribution in [2.75, 3.05) is 23.1 Å². The van der Waals surface area contributed by atoms with E-state index in [1.807, 2.05) is 12.1 Å². The first kappa shape index (κ1) is 32.6. The summed E-state index contributed by atoms with van der Waals surface area (Å²) in [4.78, 5) is 2.20. The van der Waals surface area contributed by atoms with Crippen LogP contribution in [0.5, 0.6) is 57.5 Å². The molecule has 0 bridgehead atoms. The second kappa shape index (κ2) is 11.8. The highest BCUT2D eigenvalue weighted by Crippen LogP contribution is 2.44. The highest BCUT2D eigenvalue weighted by molar-refractivity contribution is 8.00.